The van der Waals surface area contributed by atoms with Crippen LogP contribution in [0.1, 0.15) is 116 Å². The van der Waals surface area contributed by atoms with Gasteiger partial charge in [-0.05, 0) is 87.2 Å². The molecule has 1 saturated heterocycles. The lowest BCUT2D eigenvalue weighted by Gasteiger charge is -2.37. The van der Waals surface area contributed by atoms with E-state index in [1.807, 2.05) is 6.92 Å². The van der Waals surface area contributed by atoms with Crippen LogP contribution in [0.25, 0.3) is 0 Å². The van der Waals surface area contributed by atoms with Gasteiger partial charge in [0, 0.05) is 11.1 Å². The molecular formula is C31H36F4O4. The lowest BCUT2D eigenvalue weighted by Crippen LogP contribution is -2.30. The van der Waals surface area contributed by atoms with E-state index in [1.165, 1.54) is 18.2 Å². The standard InChI is InChI=1S/C31H36F4O4/c1-2-3-25(36)22-13-12-21(27(32)28(22)33)19-6-4-17(5-7-19)18-8-10-20(11-9-18)39-31(37)24-15-14-23(26-16-38-26)29(34)30(24)35/h12-15,17-20,25-26,36H,2-11,16H2,1H3. The molecule has 3 aliphatic rings. The van der Waals surface area contributed by atoms with Crippen LogP contribution in [0.15, 0.2) is 24.3 Å². The first-order chi connectivity index (χ1) is 18.8. The zero-order valence-corrected chi connectivity index (χ0v) is 22.2. The number of aliphatic hydroxyl groups is 1. The molecule has 0 bridgehead atoms. The van der Waals surface area contributed by atoms with Crippen LogP contribution < -0.4 is 0 Å². The lowest BCUT2D eigenvalue weighted by molar-refractivity contribution is 0.0109. The third-order valence-electron chi connectivity index (χ3n) is 8.95. The molecule has 0 spiro atoms. The van der Waals surface area contributed by atoms with Crippen molar-refractivity contribution in [2.24, 2.45) is 11.8 Å². The van der Waals surface area contributed by atoms with Gasteiger partial charge < -0.3 is 14.6 Å². The number of carbonyl (C=O) groups excluding carboxylic acids is 1. The summed E-state index contributed by atoms with van der Waals surface area (Å²) >= 11 is 0. The molecule has 0 radical (unpaired) electrons. The van der Waals surface area contributed by atoms with Gasteiger partial charge in [-0.1, -0.05) is 31.5 Å². The smallest absolute Gasteiger partial charge is 0.341 e. The first-order valence-corrected chi connectivity index (χ1v) is 14.2. The number of hydrogen-bond donors (Lipinski definition) is 1. The van der Waals surface area contributed by atoms with Crippen LogP contribution in [0, 0.1) is 35.1 Å². The Bertz CT molecular complexity index is 1180. The molecule has 2 aliphatic carbocycles. The maximum atomic E-state index is 14.9. The van der Waals surface area contributed by atoms with Gasteiger partial charge in [-0.25, -0.2) is 22.4 Å². The highest BCUT2D eigenvalue weighted by Crippen LogP contribution is 2.44. The predicted octanol–water partition coefficient (Wildman–Crippen LogP) is 7.84. The number of epoxide rings is 1. The fourth-order valence-electron chi connectivity index (χ4n) is 6.57. The summed E-state index contributed by atoms with van der Waals surface area (Å²) in [4.78, 5) is 12.5. The Labute approximate surface area is 226 Å². The summed E-state index contributed by atoms with van der Waals surface area (Å²) in [5, 5.41) is 10.1. The summed E-state index contributed by atoms with van der Waals surface area (Å²) in [7, 11) is 0. The number of ether oxygens (including phenoxy) is 2. The van der Waals surface area contributed by atoms with Gasteiger partial charge in [-0.15, -0.1) is 0 Å². The number of aliphatic hydroxyl groups excluding tert-OH is 1. The average molecular weight is 549 g/mol. The molecular weight excluding hydrogens is 512 g/mol. The number of carbonyl (C=O) groups is 1. The molecule has 2 atom stereocenters. The maximum Gasteiger partial charge on any atom is 0.341 e. The molecule has 8 heteroatoms. The van der Waals surface area contributed by atoms with Crippen molar-refractivity contribution in [2.45, 2.75) is 95.4 Å². The second-order valence-corrected chi connectivity index (χ2v) is 11.4. The molecule has 1 heterocycles. The maximum absolute atomic E-state index is 14.9. The van der Waals surface area contributed by atoms with Gasteiger partial charge in [0.1, 0.15) is 12.2 Å². The first kappa shape index (κ1) is 28.1. The van der Waals surface area contributed by atoms with E-state index < -0.39 is 47.0 Å². The molecule has 2 unspecified atom stereocenters. The molecule has 1 aliphatic heterocycles. The normalized spacial score (nSPS) is 27.7. The van der Waals surface area contributed by atoms with Crippen molar-refractivity contribution >= 4 is 5.97 Å². The average Bonchev–Trinajstić information content (AvgIpc) is 3.78. The zero-order valence-electron chi connectivity index (χ0n) is 22.2. The minimum atomic E-state index is -1.19. The predicted molar refractivity (Wildman–Crippen MR) is 137 cm³/mol. The van der Waals surface area contributed by atoms with Crippen molar-refractivity contribution in [3.8, 4) is 0 Å². The SMILES string of the molecule is CCCC(O)c1ccc(C2CCC(C3CCC(OC(=O)c4ccc(C5CO5)c(F)c4F)CC3)CC2)c(F)c1F. The van der Waals surface area contributed by atoms with E-state index in [2.05, 4.69) is 0 Å². The Hall–Kier alpha value is -2.45. The minimum Gasteiger partial charge on any atom is -0.459 e. The third-order valence-corrected chi connectivity index (χ3v) is 8.95. The number of rotatable bonds is 8. The van der Waals surface area contributed by atoms with E-state index in [4.69, 9.17) is 9.47 Å². The summed E-state index contributed by atoms with van der Waals surface area (Å²) in [6.45, 7) is 2.23. The van der Waals surface area contributed by atoms with E-state index >= 15 is 0 Å². The summed E-state index contributed by atoms with van der Waals surface area (Å²) in [5.74, 6) is -3.97. The van der Waals surface area contributed by atoms with Gasteiger partial charge in [0.2, 0.25) is 0 Å². The van der Waals surface area contributed by atoms with Crippen molar-refractivity contribution in [2.75, 3.05) is 6.61 Å². The molecule has 2 saturated carbocycles. The van der Waals surface area contributed by atoms with Gasteiger partial charge >= 0.3 is 5.97 Å². The van der Waals surface area contributed by atoms with Crippen molar-refractivity contribution < 1.29 is 36.9 Å². The van der Waals surface area contributed by atoms with Crippen LogP contribution in [-0.4, -0.2) is 23.8 Å². The molecule has 1 N–H and O–H groups in total. The highest BCUT2D eigenvalue weighted by molar-refractivity contribution is 5.90. The third kappa shape index (κ3) is 6.02. The quantitative estimate of drug-likeness (QED) is 0.207. The molecule has 212 valence electrons. The monoisotopic (exact) mass is 548 g/mol. The van der Waals surface area contributed by atoms with E-state index in [0.717, 1.165) is 38.5 Å². The highest BCUT2D eigenvalue weighted by atomic mass is 19.2. The topological polar surface area (TPSA) is 59.1 Å². The van der Waals surface area contributed by atoms with E-state index in [9.17, 15) is 27.5 Å². The van der Waals surface area contributed by atoms with Crippen LogP contribution in [-0.2, 0) is 9.47 Å². The fraction of sp³-hybridized carbons (Fsp3) is 0.581. The van der Waals surface area contributed by atoms with Crippen molar-refractivity contribution in [3.05, 3.63) is 69.8 Å². The van der Waals surface area contributed by atoms with Crippen LogP contribution in [0.2, 0.25) is 0 Å². The largest absolute Gasteiger partial charge is 0.459 e. The van der Waals surface area contributed by atoms with Gasteiger partial charge in [0.05, 0.1) is 18.3 Å². The number of hydrogen-bond acceptors (Lipinski definition) is 4. The van der Waals surface area contributed by atoms with Gasteiger partial charge in [0.25, 0.3) is 0 Å². The Morgan fingerprint density at radius 3 is 2.08 bits per heavy atom. The summed E-state index contributed by atoms with van der Waals surface area (Å²) in [6.07, 6.45) is 5.76. The second kappa shape index (κ2) is 12.0. The minimum absolute atomic E-state index is 0.0296. The molecule has 5 rings (SSSR count). The number of halogens is 4. The van der Waals surface area contributed by atoms with Crippen LogP contribution in [0.3, 0.4) is 0 Å². The second-order valence-electron chi connectivity index (χ2n) is 11.4. The Balaban J connectivity index is 1.11. The summed E-state index contributed by atoms with van der Waals surface area (Å²) < 4.78 is 68.9. The number of esters is 1. The van der Waals surface area contributed by atoms with E-state index in [0.29, 0.717) is 49.7 Å². The molecule has 0 aromatic heterocycles. The molecule has 4 nitrogen and oxygen atoms in total. The lowest BCUT2D eigenvalue weighted by atomic mass is 9.69. The molecule has 2 aromatic carbocycles. The fourth-order valence-corrected chi connectivity index (χ4v) is 6.57. The highest BCUT2D eigenvalue weighted by Gasteiger charge is 2.35. The number of benzene rings is 2. The van der Waals surface area contributed by atoms with Crippen LogP contribution in [0.5, 0.6) is 0 Å². The van der Waals surface area contributed by atoms with E-state index in [-0.39, 0.29) is 23.1 Å². The Morgan fingerprint density at radius 1 is 0.872 bits per heavy atom. The van der Waals surface area contributed by atoms with E-state index in [1.54, 1.807) is 6.07 Å². The van der Waals surface area contributed by atoms with Gasteiger partial charge in [0.15, 0.2) is 23.3 Å². The van der Waals surface area contributed by atoms with Crippen molar-refractivity contribution in [1.29, 1.82) is 0 Å². The first-order valence-electron chi connectivity index (χ1n) is 14.2. The molecule has 2 aromatic rings. The molecule has 0 amide bonds. The molecule has 39 heavy (non-hydrogen) atoms. The van der Waals surface area contributed by atoms with Gasteiger partial charge in [-0.3, -0.25) is 0 Å². The van der Waals surface area contributed by atoms with Crippen LogP contribution >= 0.6 is 0 Å². The Kier molecular flexibility index (Phi) is 8.62. The summed E-state index contributed by atoms with van der Waals surface area (Å²) in [5.41, 5.74) is 0.154. The Morgan fingerprint density at radius 2 is 1.46 bits per heavy atom. The summed E-state index contributed by atoms with van der Waals surface area (Å²) in [6, 6.07) is 5.81. The van der Waals surface area contributed by atoms with Crippen LogP contribution in [0.4, 0.5) is 17.6 Å². The van der Waals surface area contributed by atoms with Crippen molar-refractivity contribution in [1.82, 2.24) is 0 Å². The zero-order chi connectivity index (χ0) is 27.7. The van der Waals surface area contributed by atoms with Crippen molar-refractivity contribution in [3.63, 3.8) is 0 Å². The van der Waals surface area contributed by atoms with Gasteiger partial charge in [-0.2, -0.15) is 0 Å². The molecule has 3 fully saturated rings.